The van der Waals surface area contributed by atoms with E-state index < -0.39 is 0 Å². The molecule has 0 radical (unpaired) electrons. The van der Waals surface area contributed by atoms with E-state index in [9.17, 15) is 0 Å². The van der Waals surface area contributed by atoms with Crippen molar-refractivity contribution < 1.29 is 9.47 Å². The summed E-state index contributed by atoms with van der Waals surface area (Å²) in [5.41, 5.74) is 2.25. The van der Waals surface area contributed by atoms with Crippen LogP contribution in [0.1, 0.15) is 37.8 Å². The van der Waals surface area contributed by atoms with Crippen LogP contribution in [-0.4, -0.2) is 37.2 Å². The van der Waals surface area contributed by atoms with Crippen molar-refractivity contribution in [3.63, 3.8) is 0 Å². The molecule has 0 aromatic heterocycles. The van der Waals surface area contributed by atoms with E-state index in [0.29, 0.717) is 19.3 Å². The second-order valence-corrected chi connectivity index (χ2v) is 7.62. The van der Waals surface area contributed by atoms with Gasteiger partial charge in [0.15, 0.2) is 11.5 Å². The van der Waals surface area contributed by atoms with Gasteiger partial charge in [-0.2, -0.15) is 0 Å². The lowest BCUT2D eigenvalue weighted by Gasteiger charge is -2.23. The Kier molecular flexibility index (Phi) is 8.01. The number of hydrogen-bond acceptors (Lipinski definition) is 4. The van der Waals surface area contributed by atoms with Crippen molar-refractivity contribution in [2.45, 2.75) is 45.9 Å². The quantitative estimate of drug-likeness (QED) is 0.613. The number of hydrogen-bond donors (Lipinski definition) is 1. The molecule has 1 N–H and O–H groups in total. The number of nitrogens with one attached hydrogen (secondary N) is 1. The summed E-state index contributed by atoms with van der Waals surface area (Å²) in [6.45, 7) is 9.55. The van der Waals surface area contributed by atoms with Crippen molar-refractivity contribution in [1.82, 2.24) is 10.2 Å². The Morgan fingerprint density at radius 3 is 2.75 bits per heavy atom. The van der Waals surface area contributed by atoms with Gasteiger partial charge in [-0.3, -0.25) is 4.90 Å². The Hall–Kier alpha value is -1.75. The molecule has 0 spiro atoms. The van der Waals surface area contributed by atoms with Gasteiger partial charge in [-0.1, -0.05) is 36.7 Å². The van der Waals surface area contributed by atoms with Gasteiger partial charge >= 0.3 is 0 Å². The summed E-state index contributed by atoms with van der Waals surface area (Å²) in [4.78, 5) is 2.56. The number of rotatable bonds is 10. The zero-order valence-corrected chi connectivity index (χ0v) is 17.7. The lowest BCUT2D eigenvalue weighted by atomic mass is 10.1. The van der Waals surface area contributed by atoms with Crippen LogP contribution in [0.3, 0.4) is 0 Å². The highest BCUT2D eigenvalue weighted by Crippen LogP contribution is 2.29. The number of ether oxygens (including phenoxy) is 2. The molecule has 1 saturated heterocycles. The zero-order chi connectivity index (χ0) is 19.8. The summed E-state index contributed by atoms with van der Waals surface area (Å²) in [6, 6.07) is 14.6. The topological polar surface area (TPSA) is 33.7 Å². The maximum atomic E-state index is 6.05. The molecule has 1 aliphatic heterocycles. The highest BCUT2D eigenvalue weighted by molar-refractivity contribution is 6.30. The molecule has 1 heterocycles. The lowest BCUT2D eigenvalue weighted by molar-refractivity contribution is 0.259. The van der Waals surface area contributed by atoms with Crippen molar-refractivity contribution in [1.29, 1.82) is 0 Å². The molecule has 0 unspecified atom stereocenters. The molecule has 28 heavy (non-hydrogen) atoms. The van der Waals surface area contributed by atoms with Crippen LogP contribution in [0.25, 0.3) is 0 Å². The molecule has 1 atom stereocenters. The Balaban J connectivity index is 1.57. The van der Waals surface area contributed by atoms with E-state index >= 15 is 0 Å². The Bertz CT molecular complexity index is 753. The minimum Gasteiger partial charge on any atom is -0.490 e. The molecule has 0 amide bonds. The van der Waals surface area contributed by atoms with Gasteiger partial charge in [0, 0.05) is 24.2 Å². The third-order valence-electron chi connectivity index (χ3n) is 5.21. The van der Waals surface area contributed by atoms with E-state index in [1.54, 1.807) is 0 Å². The third-order valence-corrected chi connectivity index (χ3v) is 5.44. The number of likely N-dealkylation sites (tertiary alicyclic amines) is 1. The third kappa shape index (κ3) is 5.87. The first-order valence-corrected chi connectivity index (χ1v) is 10.6. The number of halogens is 1. The summed E-state index contributed by atoms with van der Waals surface area (Å²) in [7, 11) is 0. The smallest absolute Gasteiger partial charge is 0.161 e. The Morgan fingerprint density at radius 1 is 1.07 bits per heavy atom. The van der Waals surface area contributed by atoms with Gasteiger partial charge in [-0.15, -0.1) is 0 Å². The van der Waals surface area contributed by atoms with Gasteiger partial charge < -0.3 is 14.8 Å². The second-order valence-electron chi connectivity index (χ2n) is 7.19. The van der Waals surface area contributed by atoms with Crippen LogP contribution in [0.5, 0.6) is 11.5 Å². The molecule has 2 aromatic carbocycles. The van der Waals surface area contributed by atoms with E-state index in [0.717, 1.165) is 41.7 Å². The molecule has 5 heteroatoms. The molecule has 4 nitrogen and oxygen atoms in total. The summed E-state index contributed by atoms with van der Waals surface area (Å²) < 4.78 is 11.8. The van der Waals surface area contributed by atoms with Crippen molar-refractivity contribution >= 4 is 11.6 Å². The molecule has 1 fully saturated rings. The minimum atomic E-state index is 0.465. The van der Waals surface area contributed by atoms with E-state index in [-0.39, 0.29) is 0 Å². The van der Waals surface area contributed by atoms with Crippen LogP contribution >= 0.6 is 11.6 Å². The molecule has 2 aromatic rings. The molecular formula is C23H31ClN2O2. The highest BCUT2D eigenvalue weighted by atomic mass is 35.5. The van der Waals surface area contributed by atoms with Crippen molar-refractivity contribution in [3.8, 4) is 11.5 Å². The summed E-state index contributed by atoms with van der Waals surface area (Å²) in [5.74, 6) is 1.55. The Morgan fingerprint density at radius 2 is 1.96 bits per heavy atom. The second kappa shape index (κ2) is 10.7. The van der Waals surface area contributed by atoms with Crippen LogP contribution in [-0.2, 0) is 13.2 Å². The van der Waals surface area contributed by atoms with Gasteiger partial charge in [0.05, 0.1) is 6.61 Å². The first-order valence-electron chi connectivity index (χ1n) is 10.3. The van der Waals surface area contributed by atoms with Crippen LogP contribution in [0.2, 0.25) is 5.02 Å². The van der Waals surface area contributed by atoms with Gasteiger partial charge in [-0.05, 0) is 68.2 Å². The SMILES string of the molecule is CCOc1cc(CNC[C@@H]2CCCN2CC)ccc1OCc1cccc(Cl)c1. The van der Waals surface area contributed by atoms with E-state index in [1.165, 1.54) is 24.9 Å². The molecule has 152 valence electrons. The Labute approximate surface area is 173 Å². The molecule has 0 saturated carbocycles. The first-order chi connectivity index (χ1) is 13.7. The van der Waals surface area contributed by atoms with Gasteiger partial charge in [0.25, 0.3) is 0 Å². The van der Waals surface area contributed by atoms with E-state index in [2.05, 4.69) is 29.3 Å². The van der Waals surface area contributed by atoms with Gasteiger partial charge in [0.1, 0.15) is 6.61 Å². The van der Waals surface area contributed by atoms with Gasteiger partial charge in [-0.25, -0.2) is 0 Å². The first kappa shape index (κ1) is 21.0. The predicted octanol–water partition coefficient (Wildman–Crippen LogP) is 4.89. The lowest BCUT2D eigenvalue weighted by Crippen LogP contribution is -2.37. The number of benzene rings is 2. The fraction of sp³-hybridized carbons (Fsp3) is 0.478. The molecule has 1 aliphatic rings. The van der Waals surface area contributed by atoms with Crippen molar-refractivity contribution in [2.24, 2.45) is 0 Å². The van der Waals surface area contributed by atoms with E-state index in [4.69, 9.17) is 21.1 Å². The fourth-order valence-corrected chi connectivity index (χ4v) is 3.98. The summed E-state index contributed by atoms with van der Waals surface area (Å²) >= 11 is 6.05. The average Bonchev–Trinajstić information content (AvgIpc) is 3.15. The van der Waals surface area contributed by atoms with Crippen LogP contribution < -0.4 is 14.8 Å². The maximum absolute atomic E-state index is 6.05. The zero-order valence-electron chi connectivity index (χ0n) is 16.9. The van der Waals surface area contributed by atoms with Crippen molar-refractivity contribution in [2.75, 3.05) is 26.2 Å². The summed E-state index contributed by atoms with van der Waals surface area (Å²) in [5, 5.41) is 4.33. The fourth-order valence-electron chi connectivity index (χ4n) is 3.76. The van der Waals surface area contributed by atoms with Crippen LogP contribution in [0.15, 0.2) is 42.5 Å². The monoisotopic (exact) mass is 402 g/mol. The van der Waals surface area contributed by atoms with Crippen LogP contribution in [0.4, 0.5) is 0 Å². The predicted molar refractivity (Wildman–Crippen MR) is 115 cm³/mol. The molecular weight excluding hydrogens is 372 g/mol. The van der Waals surface area contributed by atoms with Gasteiger partial charge in [0.2, 0.25) is 0 Å². The van der Waals surface area contributed by atoms with Crippen molar-refractivity contribution in [3.05, 3.63) is 58.6 Å². The van der Waals surface area contributed by atoms with E-state index in [1.807, 2.05) is 37.3 Å². The largest absolute Gasteiger partial charge is 0.490 e. The standard InChI is InChI=1S/C23H31ClN2O2/c1-3-26-12-6-9-21(26)16-25-15-18-10-11-22(23(14-18)27-4-2)28-17-19-7-5-8-20(24)13-19/h5,7-8,10-11,13-14,21,25H,3-4,6,9,12,15-17H2,1-2H3/t21-/m0/s1. The number of likely N-dealkylation sites (N-methyl/N-ethyl adjacent to an activating group) is 1. The highest BCUT2D eigenvalue weighted by Gasteiger charge is 2.22. The maximum Gasteiger partial charge on any atom is 0.161 e. The number of nitrogens with zero attached hydrogens (tertiary/aromatic N) is 1. The van der Waals surface area contributed by atoms with Crippen LogP contribution in [0, 0.1) is 0 Å². The molecule has 3 rings (SSSR count). The summed E-state index contributed by atoms with van der Waals surface area (Å²) in [6.07, 6.45) is 2.61. The normalized spacial score (nSPS) is 17.0. The minimum absolute atomic E-state index is 0.465. The average molecular weight is 403 g/mol. The molecule has 0 bridgehead atoms. The molecule has 0 aliphatic carbocycles.